The average molecular weight is 363 g/mol. The molecule has 7 nitrogen and oxygen atoms in total. The van der Waals surface area contributed by atoms with Gasteiger partial charge in [-0.15, -0.1) is 0 Å². The maximum Gasteiger partial charge on any atom is 0.418 e. The Bertz CT molecular complexity index is 704. The zero-order valence-electron chi connectivity index (χ0n) is 16.3. The summed E-state index contributed by atoms with van der Waals surface area (Å²) in [5.41, 5.74) is -0.264. The Balaban J connectivity index is 2.02. The topological polar surface area (TPSA) is 77.6 Å². The van der Waals surface area contributed by atoms with E-state index < -0.39 is 17.7 Å². The summed E-state index contributed by atoms with van der Waals surface area (Å²) >= 11 is 0. The van der Waals surface area contributed by atoms with Gasteiger partial charge in [-0.2, -0.15) is 0 Å². The number of ether oxygens (including phenoxy) is 1. The third kappa shape index (κ3) is 3.37. The normalized spacial score (nSPS) is 28.6. The van der Waals surface area contributed by atoms with E-state index >= 15 is 0 Å². The van der Waals surface area contributed by atoms with Crippen molar-refractivity contribution in [3.05, 3.63) is 34.1 Å². The van der Waals surface area contributed by atoms with E-state index in [9.17, 15) is 14.9 Å². The predicted molar refractivity (Wildman–Crippen MR) is 98.0 cm³/mol. The third-order valence-corrected chi connectivity index (χ3v) is 5.54. The van der Waals surface area contributed by atoms with Gasteiger partial charge < -0.3 is 4.74 Å². The minimum atomic E-state index is -0.725. The van der Waals surface area contributed by atoms with Gasteiger partial charge in [0, 0.05) is 23.4 Å². The van der Waals surface area contributed by atoms with Gasteiger partial charge in [0.05, 0.1) is 12.0 Å². The highest BCUT2D eigenvalue weighted by atomic mass is 16.6. The molecule has 1 aromatic heterocycles. The van der Waals surface area contributed by atoms with Gasteiger partial charge in [0.1, 0.15) is 5.60 Å². The van der Waals surface area contributed by atoms with E-state index in [1.165, 1.54) is 4.57 Å². The highest BCUT2D eigenvalue weighted by molar-refractivity contribution is 5.72. The number of carbonyl (C=O) groups is 1. The molecule has 3 unspecified atom stereocenters. The minimum absolute atomic E-state index is 0.0648. The van der Waals surface area contributed by atoms with Crippen LogP contribution in [0.25, 0.3) is 0 Å². The lowest BCUT2D eigenvalue weighted by Gasteiger charge is -2.47. The third-order valence-electron chi connectivity index (χ3n) is 5.54. The molecule has 2 saturated heterocycles. The molecule has 0 N–H and O–H groups in total. The number of rotatable bonds is 2. The van der Waals surface area contributed by atoms with Crippen LogP contribution in [0.1, 0.15) is 59.1 Å². The van der Waals surface area contributed by atoms with E-state index in [4.69, 9.17) is 4.74 Å². The zero-order valence-corrected chi connectivity index (χ0v) is 16.3. The average Bonchev–Trinajstić information content (AvgIpc) is 3.10. The Morgan fingerprint density at radius 3 is 2.69 bits per heavy atom. The van der Waals surface area contributed by atoms with Crippen molar-refractivity contribution in [2.45, 2.75) is 71.1 Å². The molecular weight excluding hydrogens is 334 g/mol. The first-order chi connectivity index (χ1) is 12.0. The molecule has 0 spiro atoms. The van der Waals surface area contributed by atoms with Crippen molar-refractivity contribution in [3.8, 4) is 0 Å². The summed E-state index contributed by atoms with van der Waals surface area (Å²) in [4.78, 5) is 26.8. The van der Waals surface area contributed by atoms with Gasteiger partial charge in [-0.25, -0.2) is 4.79 Å². The van der Waals surface area contributed by atoms with Gasteiger partial charge in [-0.05, 0) is 57.7 Å². The van der Waals surface area contributed by atoms with Crippen molar-refractivity contribution < 1.29 is 14.5 Å². The molecule has 3 atom stereocenters. The molecule has 7 heteroatoms. The van der Waals surface area contributed by atoms with Gasteiger partial charge >= 0.3 is 6.09 Å². The summed E-state index contributed by atoms with van der Waals surface area (Å²) in [6.07, 6.45) is 3.00. The number of fused-ring (bicyclic) bond motifs is 1. The molecule has 2 aliphatic heterocycles. The summed E-state index contributed by atoms with van der Waals surface area (Å²) < 4.78 is 6.96. The number of hydrogen-bond donors (Lipinski definition) is 0. The van der Waals surface area contributed by atoms with Crippen LogP contribution in [0.3, 0.4) is 0 Å². The number of carbonyl (C=O) groups excluding carboxylic acids is 1. The SMILES string of the molecule is CC(C)(C)OC(=O)n1cccc1C1C([N+](=O)[O-])C2CCCN2CC1(C)C. The van der Waals surface area contributed by atoms with Crippen LogP contribution < -0.4 is 0 Å². The van der Waals surface area contributed by atoms with Crippen LogP contribution in [0.2, 0.25) is 0 Å². The summed E-state index contributed by atoms with van der Waals surface area (Å²) in [7, 11) is 0. The van der Waals surface area contributed by atoms with Crippen LogP contribution >= 0.6 is 0 Å². The molecule has 3 rings (SSSR count). The van der Waals surface area contributed by atoms with Gasteiger partial charge in [0.25, 0.3) is 0 Å². The second-order valence-electron chi connectivity index (χ2n) is 9.21. The lowest BCUT2D eigenvalue weighted by atomic mass is 9.67. The van der Waals surface area contributed by atoms with Crippen LogP contribution in [-0.4, -0.2) is 51.3 Å². The fraction of sp³-hybridized carbons (Fsp3) is 0.737. The second-order valence-corrected chi connectivity index (χ2v) is 9.21. The Kier molecular flexibility index (Phi) is 4.63. The Morgan fingerprint density at radius 2 is 2.08 bits per heavy atom. The Morgan fingerprint density at radius 1 is 1.38 bits per heavy atom. The predicted octanol–water partition coefficient (Wildman–Crippen LogP) is 3.50. The maximum absolute atomic E-state index is 12.7. The van der Waals surface area contributed by atoms with Crippen molar-refractivity contribution >= 4 is 6.09 Å². The van der Waals surface area contributed by atoms with Crippen molar-refractivity contribution in [2.75, 3.05) is 13.1 Å². The Labute approximate surface area is 154 Å². The molecule has 0 aliphatic carbocycles. The van der Waals surface area contributed by atoms with Crippen LogP contribution in [0.5, 0.6) is 0 Å². The lowest BCUT2D eigenvalue weighted by Crippen LogP contribution is -2.59. The largest absolute Gasteiger partial charge is 0.443 e. The first-order valence-electron chi connectivity index (χ1n) is 9.29. The van der Waals surface area contributed by atoms with Gasteiger partial charge in [-0.1, -0.05) is 13.8 Å². The maximum atomic E-state index is 12.7. The quantitative estimate of drug-likeness (QED) is 0.593. The number of nitrogens with zero attached hydrogens (tertiary/aromatic N) is 3. The van der Waals surface area contributed by atoms with Crippen molar-refractivity contribution in [2.24, 2.45) is 5.41 Å². The molecule has 3 heterocycles. The fourth-order valence-electron chi connectivity index (χ4n) is 4.70. The number of aromatic nitrogens is 1. The molecule has 1 aromatic rings. The molecular formula is C19H29N3O4. The van der Waals surface area contributed by atoms with Crippen LogP contribution in [-0.2, 0) is 4.74 Å². The van der Waals surface area contributed by atoms with Crippen LogP contribution in [0.15, 0.2) is 18.3 Å². The molecule has 0 saturated carbocycles. The van der Waals surface area contributed by atoms with Crippen molar-refractivity contribution in [1.29, 1.82) is 0 Å². The molecule has 0 aromatic carbocycles. The molecule has 2 fully saturated rings. The Hall–Kier alpha value is -1.89. The number of piperidine rings is 1. The standard InChI is InChI=1S/C19H29N3O4/c1-18(2,3)26-17(23)21-11-7-8-13(21)15-16(22(24)25)14-9-6-10-20(14)12-19(15,4)5/h7-8,11,14-16H,6,9-10,12H2,1-5H3. The van der Waals surface area contributed by atoms with Crippen molar-refractivity contribution in [3.63, 3.8) is 0 Å². The second kappa shape index (κ2) is 6.37. The summed E-state index contributed by atoms with van der Waals surface area (Å²) in [6.45, 7) is 11.3. The monoisotopic (exact) mass is 363 g/mol. The fourth-order valence-corrected chi connectivity index (χ4v) is 4.70. The number of hydrogen-bond acceptors (Lipinski definition) is 5. The number of nitro groups is 1. The van der Waals surface area contributed by atoms with Gasteiger partial charge in [-0.3, -0.25) is 19.6 Å². The first-order valence-corrected chi connectivity index (χ1v) is 9.29. The molecule has 144 valence electrons. The van der Waals surface area contributed by atoms with E-state index in [0.29, 0.717) is 5.69 Å². The molecule has 0 bridgehead atoms. The van der Waals surface area contributed by atoms with E-state index in [2.05, 4.69) is 18.7 Å². The highest BCUT2D eigenvalue weighted by Gasteiger charge is 2.56. The summed E-state index contributed by atoms with van der Waals surface area (Å²) in [5.74, 6) is -0.348. The van der Waals surface area contributed by atoms with Gasteiger partial charge in [0.15, 0.2) is 0 Å². The summed E-state index contributed by atoms with van der Waals surface area (Å²) in [6, 6.07) is 2.81. The smallest absolute Gasteiger partial charge is 0.418 e. The first kappa shape index (κ1) is 18.9. The van der Waals surface area contributed by atoms with Gasteiger partial charge in [0.2, 0.25) is 6.04 Å². The highest BCUT2D eigenvalue weighted by Crippen LogP contribution is 2.48. The summed E-state index contributed by atoms with van der Waals surface area (Å²) in [5, 5.41) is 12.1. The molecule has 26 heavy (non-hydrogen) atoms. The molecule has 2 aliphatic rings. The lowest BCUT2D eigenvalue weighted by molar-refractivity contribution is -0.541. The van der Waals surface area contributed by atoms with Crippen molar-refractivity contribution in [1.82, 2.24) is 9.47 Å². The van der Waals surface area contributed by atoms with E-state index in [1.807, 2.05) is 26.8 Å². The molecule has 0 amide bonds. The van der Waals surface area contributed by atoms with Crippen LogP contribution in [0.4, 0.5) is 4.79 Å². The van der Waals surface area contributed by atoms with E-state index in [1.54, 1.807) is 12.3 Å². The molecule has 0 radical (unpaired) electrons. The van der Waals surface area contributed by atoms with E-state index in [0.717, 1.165) is 25.9 Å². The zero-order chi connectivity index (χ0) is 19.3. The van der Waals surface area contributed by atoms with Crippen LogP contribution in [0, 0.1) is 15.5 Å². The minimum Gasteiger partial charge on any atom is -0.443 e. The van der Waals surface area contributed by atoms with E-state index in [-0.39, 0.29) is 22.3 Å².